The molecule has 3 rings (SSSR count). The molecule has 10 heteroatoms. The summed E-state index contributed by atoms with van der Waals surface area (Å²) in [6.07, 6.45) is -5.00. The first-order chi connectivity index (χ1) is 12.7. The number of fused-ring (bicyclic) bond motifs is 2. The van der Waals surface area contributed by atoms with Crippen LogP contribution < -0.4 is 11.2 Å². The van der Waals surface area contributed by atoms with E-state index in [-0.39, 0.29) is 24.3 Å². The number of aldehydes is 1. The number of rotatable bonds is 5. The maximum atomic E-state index is 12.2. The van der Waals surface area contributed by atoms with E-state index in [1.807, 2.05) is 18.8 Å². The molecule has 2 heterocycles. The third-order valence-electron chi connectivity index (χ3n) is 4.48. The summed E-state index contributed by atoms with van der Waals surface area (Å²) in [6.45, 7) is 3.39. The zero-order valence-corrected chi connectivity index (χ0v) is 14.6. The number of aliphatic hydroxyl groups is 3. The topological polar surface area (TPSA) is 158 Å². The van der Waals surface area contributed by atoms with E-state index in [0.29, 0.717) is 11.0 Å². The Morgan fingerprint density at radius 3 is 2.48 bits per heavy atom. The fraction of sp³-hybridized carbons (Fsp3) is 0.353. The first-order valence-electron chi connectivity index (χ1n) is 8.14. The van der Waals surface area contributed by atoms with Crippen molar-refractivity contribution in [3.05, 3.63) is 44.1 Å². The highest BCUT2D eigenvalue weighted by Crippen LogP contribution is 2.24. The minimum Gasteiger partial charge on any atom is -0.388 e. The molecule has 1 aromatic carbocycles. The number of H-pyrrole nitrogens is 1. The first kappa shape index (κ1) is 18.8. The highest BCUT2D eigenvalue weighted by atomic mass is 16.4. The third-order valence-corrected chi connectivity index (χ3v) is 4.48. The first-order valence-corrected chi connectivity index (χ1v) is 8.14. The van der Waals surface area contributed by atoms with Crippen LogP contribution in [-0.4, -0.2) is 59.4 Å². The van der Waals surface area contributed by atoms with Gasteiger partial charge >= 0.3 is 5.69 Å². The SMILES string of the molecule is Cc1cc2nc3c(=O)[nH]c(=O)nc-3n(C[C@H](O)[C@H](O)[C@H](O)C=O)c2cc1C. The molecule has 0 spiro atoms. The lowest BCUT2D eigenvalue weighted by molar-refractivity contribution is -0.126. The molecule has 0 aliphatic carbocycles. The number of aromatic nitrogens is 4. The molecule has 0 amide bonds. The van der Waals surface area contributed by atoms with E-state index in [4.69, 9.17) is 0 Å². The lowest BCUT2D eigenvalue weighted by Crippen LogP contribution is -2.41. The van der Waals surface area contributed by atoms with Crippen LogP contribution in [-0.2, 0) is 11.3 Å². The molecule has 2 aliphatic rings. The van der Waals surface area contributed by atoms with Crippen molar-refractivity contribution < 1.29 is 20.1 Å². The lowest BCUT2D eigenvalue weighted by Gasteiger charge is -2.24. The van der Waals surface area contributed by atoms with E-state index in [1.165, 1.54) is 4.57 Å². The summed E-state index contributed by atoms with van der Waals surface area (Å²) in [4.78, 5) is 44.6. The van der Waals surface area contributed by atoms with Gasteiger partial charge in [0, 0.05) is 0 Å². The minimum atomic E-state index is -1.78. The highest BCUT2D eigenvalue weighted by Gasteiger charge is 2.27. The zero-order valence-electron chi connectivity index (χ0n) is 14.6. The molecule has 0 radical (unpaired) electrons. The fourth-order valence-corrected chi connectivity index (χ4v) is 2.84. The fourth-order valence-electron chi connectivity index (χ4n) is 2.84. The molecule has 3 atom stereocenters. The number of hydrogen-bond donors (Lipinski definition) is 4. The van der Waals surface area contributed by atoms with Crippen LogP contribution in [0.15, 0.2) is 21.7 Å². The van der Waals surface area contributed by atoms with Crippen LogP contribution in [0.2, 0.25) is 0 Å². The number of benzene rings is 1. The normalized spacial score (nSPS) is 15.0. The van der Waals surface area contributed by atoms with Crippen molar-refractivity contribution in [3.63, 3.8) is 0 Å². The minimum absolute atomic E-state index is 0.0775. The Labute approximate surface area is 152 Å². The van der Waals surface area contributed by atoms with Crippen LogP contribution in [0.4, 0.5) is 0 Å². The standard InChI is InChI=1S/C17H18N4O6/c1-7-3-9-10(4-8(7)2)21(5-11(23)14(25)12(24)6-22)15-13(18-9)16(26)20-17(27)19-15/h3-4,6,11-12,14,23-25H,5H2,1-2H3,(H,20,26,27)/t11-,12+,14-/m0/s1. The molecule has 2 aliphatic heterocycles. The van der Waals surface area contributed by atoms with E-state index in [0.717, 1.165) is 11.1 Å². The van der Waals surface area contributed by atoms with Crippen molar-refractivity contribution in [1.82, 2.24) is 19.5 Å². The molecule has 0 saturated carbocycles. The van der Waals surface area contributed by atoms with Gasteiger partial charge in [0.05, 0.1) is 17.6 Å². The number of hydrogen-bond acceptors (Lipinski definition) is 8. The summed E-state index contributed by atoms with van der Waals surface area (Å²) >= 11 is 0. The van der Waals surface area contributed by atoms with Crippen LogP contribution >= 0.6 is 0 Å². The number of carbonyl (C=O) groups is 1. The molecular weight excluding hydrogens is 356 g/mol. The van der Waals surface area contributed by atoms with Crippen LogP contribution in [0.1, 0.15) is 11.1 Å². The number of carbonyl (C=O) groups excluding carboxylic acids is 1. The molecule has 1 aromatic rings. The lowest BCUT2D eigenvalue weighted by atomic mass is 10.1. The smallest absolute Gasteiger partial charge is 0.349 e. The van der Waals surface area contributed by atoms with Crippen LogP contribution in [0.25, 0.3) is 22.6 Å². The molecule has 10 nitrogen and oxygen atoms in total. The summed E-state index contributed by atoms with van der Waals surface area (Å²) in [5.74, 6) is -0.0775. The van der Waals surface area contributed by atoms with E-state index in [9.17, 15) is 29.7 Å². The van der Waals surface area contributed by atoms with Crippen molar-refractivity contribution >= 4 is 17.3 Å². The average Bonchev–Trinajstić information content (AvgIpc) is 2.62. The van der Waals surface area contributed by atoms with Gasteiger partial charge in [-0.3, -0.25) is 9.78 Å². The van der Waals surface area contributed by atoms with Gasteiger partial charge in [-0.25, -0.2) is 9.78 Å². The molecule has 0 bridgehead atoms. The van der Waals surface area contributed by atoms with E-state index < -0.39 is 29.6 Å². The predicted molar refractivity (Wildman–Crippen MR) is 94.6 cm³/mol. The van der Waals surface area contributed by atoms with Gasteiger partial charge < -0.3 is 24.7 Å². The largest absolute Gasteiger partial charge is 0.388 e. The number of nitrogens with one attached hydrogen (secondary N) is 1. The Morgan fingerprint density at radius 2 is 1.81 bits per heavy atom. The second-order valence-electron chi connectivity index (χ2n) is 6.38. The van der Waals surface area contributed by atoms with Crippen LogP contribution in [0.5, 0.6) is 0 Å². The predicted octanol–water partition coefficient (Wildman–Crippen LogP) is -1.52. The molecule has 27 heavy (non-hydrogen) atoms. The van der Waals surface area contributed by atoms with Gasteiger partial charge in [-0.15, -0.1) is 0 Å². The van der Waals surface area contributed by atoms with E-state index in [2.05, 4.69) is 9.97 Å². The molecule has 0 fully saturated rings. The molecule has 0 aromatic heterocycles. The molecular formula is C17H18N4O6. The van der Waals surface area contributed by atoms with Gasteiger partial charge in [-0.2, -0.15) is 4.98 Å². The molecule has 4 N–H and O–H groups in total. The van der Waals surface area contributed by atoms with Crippen LogP contribution in [0, 0.1) is 13.8 Å². The van der Waals surface area contributed by atoms with Crippen molar-refractivity contribution in [3.8, 4) is 11.5 Å². The monoisotopic (exact) mass is 374 g/mol. The number of nitrogens with zero attached hydrogens (tertiary/aromatic N) is 3. The number of aliphatic hydroxyl groups excluding tert-OH is 3. The van der Waals surface area contributed by atoms with Crippen molar-refractivity contribution in [1.29, 1.82) is 0 Å². The average molecular weight is 374 g/mol. The van der Waals surface area contributed by atoms with Crippen molar-refractivity contribution in [2.75, 3.05) is 0 Å². The second-order valence-corrected chi connectivity index (χ2v) is 6.38. The Hall–Kier alpha value is -2.95. The quantitative estimate of drug-likeness (QED) is 0.310. The second kappa shape index (κ2) is 6.99. The van der Waals surface area contributed by atoms with E-state index in [1.54, 1.807) is 12.1 Å². The number of aryl methyl sites for hydroxylation is 2. The Bertz CT molecular complexity index is 1110. The van der Waals surface area contributed by atoms with Gasteiger partial charge in [-0.05, 0) is 37.1 Å². The van der Waals surface area contributed by atoms with E-state index >= 15 is 0 Å². The molecule has 0 unspecified atom stereocenters. The van der Waals surface area contributed by atoms with Gasteiger partial charge in [0.2, 0.25) is 0 Å². The van der Waals surface area contributed by atoms with Crippen molar-refractivity contribution in [2.24, 2.45) is 0 Å². The van der Waals surface area contributed by atoms with Gasteiger partial charge in [0.15, 0.2) is 17.8 Å². The number of aromatic amines is 1. The Balaban J connectivity index is 2.29. The highest BCUT2D eigenvalue weighted by molar-refractivity contribution is 5.81. The summed E-state index contributed by atoms with van der Waals surface area (Å²) in [7, 11) is 0. The third kappa shape index (κ3) is 3.37. The summed E-state index contributed by atoms with van der Waals surface area (Å²) < 4.78 is 1.37. The summed E-state index contributed by atoms with van der Waals surface area (Å²) in [5.41, 5.74) is 0.985. The maximum Gasteiger partial charge on any atom is 0.349 e. The Kier molecular flexibility index (Phi) is 4.87. The molecule has 0 saturated heterocycles. The van der Waals surface area contributed by atoms with Gasteiger partial charge in [0.25, 0.3) is 5.56 Å². The maximum absolute atomic E-state index is 12.2. The zero-order chi connectivity index (χ0) is 19.9. The van der Waals surface area contributed by atoms with Gasteiger partial charge in [-0.1, -0.05) is 0 Å². The van der Waals surface area contributed by atoms with Crippen LogP contribution in [0.3, 0.4) is 0 Å². The van der Waals surface area contributed by atoms with Crippen molar-refractivity contribution in [2.45, 2.75) is 38.7 Å². The Morgan fingerprint density at radius 1 is 1.15 bits per heavy atom. The molecule has 142 valence electrons. The summed E-state index contributed by atoms with van der Waals surface area (Å²) in [6, 6.07) is 3.49. The summed E-state index contributed by atoms with van der Waals surface area (Å²) in [5, 5.41) is 29.6. The van der Waals surface area contributed by atoms with Gasteiger partial charge in [0.1, 0.15) is 18.3 Å².